The first-order chi connectivity index (χ1) is 14.3. The average molecular weight is 412 g/mol. The smallest absolute Gasteiger partial charge is 0.418 e. The summed E-state index contributed by atoms with van der Waals surface area (Å²) in [5.74, 6) is -0.313. The van der Waals surface area contributed by atoms with Gasteiger partial charge in [0.15, 0.2) is 0 Å². The topological polar surface area (TPSA) is 90.8 Å². The summed E-state index contributed by atoms with van der Waals surface area (Å²) < 4.78 is 44.5. The van der Waals surface area contributed by atoms with Crippen molar-refractivity contribution in [2.75, 3.05) is 12.4 Å². The monoisotopic (exact) mass is 412 g/mol. The van der Waals surface area contributed by atoms with Crippen molar-refractivity contribution in [2.24, 2.45) is 0 Å². The second-order valence-electron chi connectivity index (χ2n) is 6.10. The predicted molar refractivity (Wildman–Crippen MR) is 104 cm³/mol. The van der Waals surface area contributed by atoms with Crippen LogP contribution in [-0.4, -0.2) is 23.2 Å². The van der Waals surface area contributed by atoms with Gasteiger partial charge in [-0.3, -0.25) is 9.89 Å². The van der Waals surface area contributed by atoms with Gasteiger partial charge in [0.2, 0.25) is 0 Å². The summed E-state index contributed by atoms with van der Waals surface area (Å²) in [5, 5.41) is 18.3. The Balaban J connectivity index is 1.90. The number of rotatable bonds is 5. The molecule has 6 nitrogen and oxygen atoms in total. The normalized spacial score (nSPS) is 11.6. The molecule has 2 aromatic carbocycles. The molecule has 1 amide bonds. The Bertz CT molecular complexity index is 1130. The molecule has 0 saturated heterocycles. The van der Waals surface area contributed by atoms with Crippen LogP contribution in [-0.2, 0) is 11.0 Å². The van der Waals surface area contributed by atoms with Crippen molar-refractivity contribution in [3.63, 3.8) is 0 Å². The highest BCUT2D eigenvalue weighted by Crippen LogP contribution is 2.34. The summed E-state index contributed by atoms with van der Waals surface area (Å²) in [6.45, 7) is 0. The zero-order valence-corrected chi connectivity index (χ0v) is 15.6. The van der Waals surface area contributed by atoms with Gasteiger partial charge in [-0.2, -0.15) is 23.5 Å². The van der Waals surface area contributed by atoms with E-state index in [1.807, 2.05) is 0 Å². The lowest BCUT2D eigenvalue weighted by Gasteiger charge is -2.13. The molecule has 0 saturated carbocycles. The standard InChI is InChI=1S/C21H15F3N4O2/c1-30-16-8-6-13(7-9-16)19-15(12-26-28-19)10-14(11-25)20(29)27-18-5-3-2-4-17(18)21(22,23)24/h2-10,12H,1H3,(H,26,28)(H,27,29). The molecule has 0 fully saturated rings. The van der Waals surface area contributed by atoms with Gasteiger partial charge in [0.05, 0.1) is 30.3 Å². The Kier molecular flexibility index (Phi) is 5.88. The van der Waals surface area contributed by atoms with Gasteiger partial charge in [0, 0.05) is 11.1 Å². The highest BCUT2D eigenvalue weighted by molar-refractivity contribution is 6.10. The van der Waals surface area contributed by atoms with E-state index in [4.69, 9.17) is 4.74 Å². The van der Waals surface area contributed by atoms with Crippen LogP contribution < -0.4 is 10.1 Å². The molecule has 0 bridgehead atoms. The molecule has 3 aromatic rings. The van der Waals surface area contributed by atoms with Crippen molar-refractivity contribution in [2.45, 2.75) is 6.18 Å². The van der Waals surface area contributed by atoms with E-state index in [1.165, 1.54) is 31.5 Å². The molecule has 0 radical (unpaired) electrons. The van der Waals surface area contributed by atoms with Crippen LogP contribution in [0.3, 0.4) is 0 Å². The number of H-pyrrole nitrogens is 1. The van der Waals surface area contributed by atoms with Crippen molar-refractivity contribution >= 4 is 17.7 Å². The second kappa shape index (κ2) is 8.53. The maximum atomic E-state index is 13.1. The van der Waals surface area contributed by atoms with Crippen molar-refractivity contribution in [3.05, 3.63) is 71.4 Å². The summed E-state index contributed by atoms with van der Waals surface area (Å²) in [6.07, 6.45) is -1.98. The van der Waals surface area contributed by atoms with Crippen LogP contribution in [0, 0.1) is 11.3 Å². The lowest BCUT2D eigenvalue weighted by Crippen LogP contribution is -2.17. The van der Waals surface area contributed by atoms with Crippen molar-refractivity contribution < 1.29 is 22.7 Å². The van der Waals surface area contributed by atoms with E-state index in [0.717, 1.165) is 17.7 Å². The number of nitriles is 1. The van der Waals surface area contributed by atoms with Crippen molar-refractivity contribution in [1.29, 1.82) is 5.26 Å². The van der Waals surface area contributed by atoms with E-state index in [2.05, 4.69) is 15.5 Å². The van der Waals surface area contributed by atoms with Crippen LogP contribution in [0.25, 0.3) is 17.3 Å². The highest BCUT2D eigenvalue weighted by atomic mass is 19.4. The first kappa shape index (κ1) is 20.7. The number of alkyl halides is 3. The fourth-order valence-electron chi connectivity index (χ4n) is 2.73. The summed E-state index contributed by atoms with van der Waals surface area (Å²) in [6, 6.07) is 13.2. The Hall–Kier alpha value is -4.06. The van der Waals surface area contributed by atoms with Gasteiger partial charge in [-0.05, 0) is 42.5 Å². The number of aromatic nitrogens is 2. The molecule has 0 aliphatic carbocycles. The van der Waals surface area contributed by atoms with E-state index in [1.54, 1.807) is 30.3 Å². The maximum absolute atomic E-state index is 13.1. The SMILES string of the molecule is COc1ccc(-c2[nH]ncc2C=C(C#N)C(=O)Nc2ccccc2C(F)(F)F)cc1. The largest absolute Gasteiger partial charge is 0.497 e. The Morgan fingerprint density at radius 3 is 2.53 bits per heavy atom. The van der Waals surface area contributed by atoms with Gasteiger partial charge in [-0.1, -0.05) is 12.1 Å². The molecule has 9 heteroatoms. The molecule has 30 heavy (non-hydrogen) atoms. The van der Waals surface area contributed by atoms with Crippen LogP contribution in [0.1, 0.15) is 11.1 Å². The van der Waals surface area contributed by atoms with Crippen LogP contribution in [0.5, 0.6) is 5.75 Å². The number of hydrogen-bond donors (Lipinski definition) is 2. The van der Waals surface area contributed by atoms with Crippen LogP contribution >= 0.6 is 0 Å². The lowest BCUT2D eigenvalue weighted by atomic mass is 10.1. The number of ether oxygens (including phenoxy) is 1. The first-order valence-electron chi connectivity index (χ1n) is 8.60. The van der Waals surface area contributed by atoms with Crippen LogP contribution in [0.4, 0.5) is 18.9 Å². The zero-order valence-electron chi connectivity index (χ0n) is 15.6. The number of hydrogen-bond acceptors (Lipinski definition) is 4. The summed E-state index contributed by atoms with van der Waals surface area (Å²) in [7, 11) is 1.54. The molecule has 0 unspecified atom stereocenters. The number of aromatic amines is 1. The minimum atomic E-state index is -4.65. The van der Waals surface area contributed by atoms with Gasteiger partial charge < -0.3 is 10.1 Å². The quantitative estimate of drug-likeness (QED) is 0.471. The minimum Gasteiger partial charge on any atom is -0.497 e. The number of benzene rings is 2. The zero-order chi connectivity index (χ0) is 21.7. The molecule has 1 heterocycles. The fraction of sp³-hybridized carbons (Fsp3) is 0.0952. The number of carbonyl (C=O) groups is 1. The third-order valence-electron chi connectivity index (χ3n) is 4.19. The number of nitrogens with zero attached hydrogens (tertiary/aromatic N) is 2. The third kappa shape index (κ3) is 4.50. The first-order valence-corrected chi connectivity index (χ1v) is 8.60. The molecule has 2 N–H and O–H groups in total. The number of halogens is 3. The van der Waals surface area contributed by atoms with Crippen LogP contribution in [0.15, 0.2) is 60.3 Å². The van der Waals surface area contributed by atoms with Gasteiger partial charge in [0.1, 0.15) is 17.4 Å². The molecular weight excluding hydrogens is 397 g/mol. The third-order valence-corrected chi connectivity index (χ3v) is 4.19. The highest BCUT2D eigenvalue weighted by Gasteiger charge is 2.33. The molecule has 0 aliphatic heterocycles. The van der Waals surface area contributed by atoms with E-state index < -0.39 is 23.3 Å². The summed E-state index contributed by atoms with van der Waals surface area (Å²) in [5.41, 5.74) is -0.121. The number of methoxy groups -OCH3 is 1. The van der Waals surface area contributed by atoms with Gasteiger partial charge >= 0.3 is 6.18 Å². The van der Waals surface area contributed by atoms with E-state index in [-0.39, 0.29) is 5.57 Å². The molecule has 1 aromatic heterocycles. The minimum absolute atomic E-state index is 0.372. The average Bonchev–Trinajstić information content (AvgIpc) is 3.19. The number of para-hydroxylation sites is 1. The predicted octanol–water partition coefficient (Wildman–Crippen LogP) is 4.65. The van der Waals surface area contributed by atoms with Crippen molar-refractivity contribution in [1.82, 2.24) is 10.2 Å². The number of carbonyl (C=O) groups excluding carboxylic acids is 1. The van der Waals surface area contributed by atoms with Gasteiger partial charge in [0.25, 0.3) is 5.91 Å². The molecule has 0 spiro atoms. The molecule has 0 atom stereocenters. The number of anilines is 1. The van der Waals surface area contributed by atoms with E-state index in [0.29, 0.717) is 17.0 Å². The number of amides is 1. The van der Waals surface area contributed by atoms with Crippen LogP contribution in [0.2, 0.25) is 0 Å². The summed E-state index contributed by atoms with van der Waals surface area (Å²) >= 11 is 0. The summed E-state index contributed by atoms with van der Waals surface area (Å²) in [4.78, 5) is 12.5. The Labute approximate surface area is 169 Å². The van der Waals surface area contributed by atoms with Gasteiger partial charge in [-0.25, -0.2) is 0 Å². The Morgan fingerprint density at radius 2 is 1.90 bits per heavy atom. The maximum Gasteiger partial charge on any atom is 0.418 e. The van der Waals surface area contributed by atoms with E-state index >= 15 is 0 Å². The number of nitrogens with one attached hydrogen (secondary N) is 2. The molecule has 3 rings (SSSR count). The Morgan fingerprint density at radius 1 is 1.20 bits per heavy atom. The molecule has 152 valence electrons. The molecule has 0 aliphatic rings. The molecular formula is C21H15F3N4O2. The second-order valence-corrected chi connectivity index (χ2v) is 6.10. The van der Waals surface area contributed by atoms with Crippen molar-refractivity contribution in [3.8, 4) is 23.1 Å². The lowest BCUT2D eigenvalue weighted by molar-refractivity contribution is -0.137. The van der Waals surface area contributed by atoms with E-state index in [9.17, 15) is 23.2 Å². The van der Waals surface area contributed by atoms with Gasteiger partial charge in [-0.15, -0.1) is 0 Å². The fourth-order valence-corrected chi connectivity index (χ4v) is 2.73.